The van der Waals surface area contributed by atoms with Crippen molar-refractivity contribution in [3.63, 3.8) is 0 Å². The first-order valence-corrected chi connectivity index (χ1v) is 7.78. The summed E-state index contributed by atoms with van der Waals surface area (Å²) in [6.45, 7) is 3.85. The van der Waals surface area contributed by atoms with Crippen molar-refractivity contribution in [2.24, 2.45) is 0 Å². The van der Waals surface area contributed by atoms with Gasteiger partial charge in [-0.1, -0.05) is 17.7 Å². The maximum atomic E-state index is 12.4. The number of amides is 2. The Hall–Kier alpha value is -2.34. The largest absolute Gasteiger partial charge is 0.335 e. The predicted octanol–water partition coefficient (Wildman–Crippen LogP) is 1.97. The molecule has 3 rings (SSSR count). The zero-order chi connectivity index (χ0) is 16.4. The molecule has 23 heavy (non-hydrogen) atoms. The number of nitrogens with one attached hydrogen (secondary N) is 1. The summed E-state index contributed by atoms with van der Waals surface area (Å²) in [7, 11) is 0. The van der Waals surface area contributed by atoms with Gasteiger partial charge in [0, 0.05) is 42.5 Å². The summed E-state index contributed by atoms with van der Waals surface area (Å²) in [5, 5.41) is 7.30. The van der Waals surface area contributed by atoms with E-state index in [0.29, 0.717) is 42.5 Å². The van der Waals surface area contributed by atoms with Crippen molar-refractivity contribution in [2.75, 3.05) is 26.2 Å². The number of piperazine rings is 1. The van der Waals surface area contributed by atoms with Crippen molar-refractivity contribution in [2.45, 2.75) is 6.92 Å². The van der Waals surface area contributed by atoms with Crippen LogP contribution in [0.5, 0.6) is 0 Å². The molecule has 0 unspecified atom stereocenters. The molecule has 6 nitrogen and oxygen atoms in total. The molecule has 2 heterocycles. The normalized spacial score (nSPS) is 14.9. The summed E-state index contributed by atoms with van der Waals surface area (Å²) >= 11 is 5.93. The molecule has 120 valence electrons. The van der Waals surface area contributed by atoms with Gasteiger partial charge in [-0.3, -0.25) is 14.7 Å². The van der Waals surface area contributed by atoms with Crippen molar-refractivity contribution in [1.29, 1.82) is 0 Å². The lowest BCUT2D eigenvalue weighted by atomic mass is 10.2. The van der Waals surface area contributed by atoms with E-state index in [4.69, 9.17) is 11.6 Å². The topological polar surface area (TPSA) is 69.3 Å². The van der Waals surface area contributed by atoms with Crippen molar-refractivity contribution < 1.29 is 9.59 Å². The first-order valence-electron chi connectivity index (χ1n) is 7.41. The van der Waals surface area contributed by atoms with Gasteiger partial charge in [-0.15, -0.1) is 0 Å². The maximum absolute atomic E-state index is 12.4. The molecule has 1 fully saturated rings. The molecule has 0 atom stereocenters. The number of H-pyrrole nitrogens is 1. The zero-order valence-corrected chi connectivity index (χ0v) is 13.5. The SMILES string of the molecule is Cc1cc(C(=O)N2CCN(C(=O)c3cccc(Cl)c3)CC2)n[nH]1. The van der Waals surface area contributed by atoms with Crippen LogP contribution in [-0.2, 0) is 0 Å². The van der Waals surface area contributed by atoms with Gasteiger partial charge in [0.25, 0.3) is 11.8 Å². The van der Waals surface area contributed by atoms with Crippen LogP contribution in [0.1, 0.15) is 26.5 Å². The van der Waals surface area contributed by atoms with Crippen molar-refractivity contribution in [1.82, 2.24) is 20.0 Å². The van der Waals surface area contributed by atoms with Crippen LogP contribution in [0.15, 0.2) is 30.3 Å². The predicted molar refractivity (Wildman–Crippen MR) is 86.6 cm³/mol. The van der Waals surface area contributed by atoms with E-state index in [2.05, 4.69) is 10.2 Å². The van der Waals surface area contributed by atoms with Gasteiger partial charge in [0.1, 0.15) is 5.69 Å². The molecule has 0 aliphatic carbocycles. The number of aromatic nitrogens is 2. The molecule has 1 aliphatic heterocycles. The summed E-state index contributed by atoms with van der Waals surface area (Å²) in [6.07, 6.45) is 0. The van der Waals surface area contributed by atoms with Crippen LogP contribution in [0.3, 0.4) is 0 Å². The average Bonchev–Trinajstić information content (AvgIpc) is 3.00. The third-order valence-electron chi connectivity index (χ3n) is 3.85. The Balaban J connectivity index is 1.62. The highest BCUT2D eigenvalue weighted by Crippen LogP contribution is 2.15. The van der Waals surface area contributed by atoms with Gasteiger partial charge in [-0.25, -0.2) is 0 Å². The molecule has 1 aromatic carbocycles. The molecule has 2 aromatic rings. The standard InChI is InChI=1S/C16H17ClN4O2/c1-11-9-14(19-18-11)16(23)21-7-5-20(6-8-21)15(22)12-3-2-4-13(17)10-12/h2-4,9-10H,5-8H2,1H3,(H,18,19). The number of hydrogen-bond donors (Lipinski definition) is 1. The minimum Gasteiger partial charge on any atom is -0.335 e. The van der Waals surface area contributed by atoms with Gasteiger partial charge < -0.3 is 9.80 Å². The number of halogens is 1. The highest BCUT2D eigenvalue weighted by molar-refractivity contribution is 6.30. The number of aromatic amines is 1. The fourth-order valence-electron chi connectivity index (χ4n) is 2.61. The molecule has 7 heteroatoms. The molecule has 0 spiro atoms. The summed E-state index contributed by atoms with van der Waals surface area (Å²) in [5.74, 6) is -0.167. The third-order valence-corrected chi connectivity index (χ3v) is 4.09. The first-order chi connectivity index (χ1) is 11.0. The Labute approximate surface area is 139 Å². The fraction of sp³-hybridized carbons (Fsp3) is 0.312. The van der Waals surface area contributed by atoms with E-state index in [-0.39, 0.29) is 11.8 Å². The lowest BCUT2D eigenvalue weighted by molar-refractivity contribution is 0.0532. The molecule has 1 N–H and O–H groups in total. The van der Waals surface area contributed by atoms with Crippen molar-refractivity contribution >= 4 is 23.4 Å². The molecular formula is C16H17ClN4O2. The molecule has 0 radical (unpaired) electrons. The summed E-state index contributed by atoms with van der Waals surface area (Å²) in [4.78, 5) is 28.2. The van der Waals surface area contributed by atoms with E-state index < -0.39 is 0 Å². The number of hydrogen-bond acceptors (Lipinski definition) is 3. The minimum atomic E-state index is -0.107. The van der Waals surface area contributed by atoms with Gasteiger partial charge in [-0.2, -0.15) is 5.10 Å². The monoisotopic (exact) mass is 332 g/mol. The second-order valence-electron chi connectivity index (χ2n) is 5.53. The van der Waals surface area contributed by atoms with Crippen LogP contribution >= 0.6 is 11.6 Å². The highest BCUT2D eigenvalue weighted by Gasteiger charge is 2.26. The number of carbonyl (C=O) groups excluding carboxylic acids is 2. The van der Waals surface area contributed by atoms with Gasteiger partial charge >= 0.3 is 0 Å². The number of benzene rings is 1. The third kappa shape index (κ3) is 3.37. The van der Waals surface area contributed by atoms with E-state index in [0.717, 1.165) is 5.69 Å². The highest BCUT2D eigenvalue weighted by atomic mass is 35.5. The Morgan fingerprint density at radius 2 is 1.74 bits per heavy atom. The maximum Gasteiger partial charge on any atom is 0.274 e. The number of rotatable bonds is 2. The van der Waals surface area contributed by atoms with Crippen LogP contribution in [-0.4, -0.2) is 58.0 Å². The van der Waals surface area contributed by atoms with Crippen molar-refractivity contribution in [3.05, 3.63) is 52.3 Å². The number of aryl methyl sites for hydroxylation is 1. The molecule has 1 aromatic heterocycles. The molecule has 0 bridgehead atoms. The lowest BCUT2D eigenvalue weighted by Crippen LogP contribution is -2.50. The quantitative estimate of drug-likeness (QED) is 0.914. The van der Waals surface area contributed by atoms with E-state index in [9.17, 15) is 9.59 Å². The molecular weight excluding hydrogens is 316 g/mol. The Bertz CT molecular complexity index is 735. The van der Waals surface area contributed by atoms with Gasteiger partial charge in [0.15, 0.2) is 0 Å². The lowest BCUT2D eigenvalue weighted by Gasteiger charge is -2.34. The second-order valence-corrected chi connectivity index (χ2v) is 5.97. The second kappa shape index (κ2) is 6.42. The van der Waals surface area contributed by atoms with Crippen LogP contribution in [0, 0.1) is 6.92 Å². The van der Waals surface area contributed by atoms with E-state index in [1.54, 1.807) is 40.1 Å². The average molecular weight is 333 g/mol. The van der Waals surface area contributed by atoms with Crippen LogP contribution in [0.25, 0.3) is 0 Å². The van der Waals surface area contributed by atoms with Crippen LogP contribution in [0.4, 0.5) is 0 Å². The number of nitrogens with zero attached hydrogens (tertiary/aromatic N) is 3. The van der Waals surface area contributed by atoms with E-state index >= 15 is 0 Å². The van der Waals surface area contributed by atoms with E-state index in [1.165, 1.54) is 0 Å². The Morgan fingerprint density at radius 3 is 2.30 bits per heavy atom. The van der Waals surface area contributed by atoms with Crippen molar-refractivity contribution in [3.8, 4) is 0 Å². The molecule has 1 aliphatic rings. The van der Waals surface area contributed by atoms with Gasteiger partial charge in [0.05, 0.1) is 0 Å². The van der Waals surface area contributed by atoms with Crippen LogP contribution in [0.2, 0.25) is 5.02 Å². The number of carbonyl (C=O) groups is 2. The molecule has 0 saturated carbocycles. The smallest absolute Gasteiger partial charge is 0.274 e. The molecule has 1 saturated heterocycles. The minimum absolute atomic E-state index is 0.0600. The summed E-state index contributed by atoms with van der Waals surface area (Å²) in [6, 6.07) is 8.63. The molecule has 2 amide bonds. The van der Waals surface area contributed by atoms with Gasteiger partial charge in [-0.05, 0) is 31.2 Å². The fourth-order valence-corrected chi connectivity index (χ4v) is 2.80. The summed E-state index contributed by atoms with van der Waals surface area (Å²) < 4.78 is 0. The Morgan fingerprint density at radius 1 is 1.09 bits per heavy atom. The Kier molecular flexibility index (Phi) is 4.34. The van der Waals surface area contributed by atoms with Crippen LogP contribution < -0.4 is 0 Å². The first kappa shape index (κ1) is 15.6. The van der Waals surface area contributed by atoms with Gasteiger partial charge in [0.2, 0.25) is 0 Å². The van der Waals surface area contributed by atoms with E-state index in [1.807, 2.05) is 6.92 Å². The zero-order valence-electron chi connectivity index (χ0n) is 12.8. The summed E-state index contributed by atoms with van der Waals surface area (Å²) in [5.41, 5.74) is 1.83.